The molecule has 0 spiro atoms. The highest BCUT2D eigenvalue weighted by molar-refractivity contribution is 7.99. The Labute approximate surface area is 145 Å². The summed E-state index contributed by atoms with van der Waals surface area (Å²) in [7, 11) is 0. The molecule has 0 saturated carbocycles. The van der Waals surface area contributed by atoms with Crippen LogP contribution in [0.5, 0.6) is 0 Å². The Hall–Kier alpha value is -1.92. The molecule has 0 aliphatic rings. The number of hydrogen-bond acceptors (Lipinski definition) is 4. The summed E-state index contributed by atoms with van der Waals surface area (Å²) in [5.74, 6) is 0.612. The van der Waals surface area contributed by atoms with Gasteiger partial charge < -0.3 is 10.4 Å². The summed E-state index contributed by atoms with van der Waals surface area (Å²) < 4.78 is 12.9. The van der Waals surface area contributed by atoms with Crippen LogP contribution in [0.2, 0.25) is 0 Å². The Morgan fingerprint density at radius 1 is 1.29 bits per heavy atom. The number of amides is 1. The van der Waals surface area contributed by atoms with Gasteiger partial charge in [-0.25, -0.2) is 4.39 Å². The molecule has 0 saturated heterocycles. The fraction of sp³-hybridized carbons (Fsp3) is 0.333. The van der Waals surface area contributed by atoms with Crippen molar-refractivity contribution in [1.82, 2.24) is 10.3 Å². The minimum Gasteiger partial charge on any atom is -0.388 e. The number of rotatable bonds is 8. The number of pyridine rings is 1. The molecule has 1 aromatic heterocycles. The molecule has 0 aliphatic carbocycles. The van der Waals surface area contributed by atoms with Crippen LogP contribution in [0.25, 0.3) is 0 Å². The number of carbonyl (C=O) groups excluding carboxylic acids is 1. The number of aliphatic hydroxyl groups excluding tert-OH is 1. The van der Waals surface area contributed by atoms with Crippen molar-refractivity contribution in [2.24, 2.45) is 0 Å². The van der Waals surface area contributed by atoms with Crippen LogP contribution in [0.15, 0.2) is 48.7 Å². The van der Waals surface area contributed by atoms with Crippen molar-refractivity contribution < 1.29 is 14.3 Å². The summed E-state index contributed by atoms with van der Waals surface area (Å²) in [6.07, 6.45) is 1.37. The van der Waals surface area contributed by atoms with Crippen LogP contribution in [-0.2, 0) is 10.5 Å². The van der Waals surface area contributed by atoms with Crippen LogP contribution in [0.1, 0.15) is 30.7 Å². The average molecular weight is 348 g/mol. The van der Waals surface area contributed by atoms with E-state index in [-0.39, 0.29) is 17.8 Å². The van der Waals surface area contributed by atoms with Crippen molar-refractivity contribution in [3.63, 3.8) is 0 Å². The van der Waals surface area contributed by atoms with Gasteiger partial charge in [0.25, 0.3) is 0 Å². The molecule has 6 heteroatoms. The third-order valence-electron chi connectivity index (χ3n) is 3.45. The van der Waals surface area contributed by atoms with Gasteiger partial charge in [0.2, 0.25) is 5.91 Å². The largest absolute Gasteiger partial charge is 0.388 e. The molecule has 0 fully saturated rings. The van der Waals surface area contributed by atoms with Gasteiger partial charge in [-0.1, -0.05) is 18.2 Å². The van der Waals surface area contributed by atoms with Crippen molar-refractivity contribution in [3.8, 4) is 0 Å². The number of hydrogen-bond donors (Lipinski definition) is 2. The van der Waals surface area contributed by atoms with Crippen molar-refractivity contribution in [3.05, 3.63) is 65.7 Å². The zero-order valence-electron chi connectivity index (χ0n) is 13.5. The van der Waals surface area contributed by atoms with Gasteiger partial charge in [0, 0.05) is 18.0 Å². The van der Waals surface area contributed by atoms with E-state index >= 15 is 0 Å². The third kappa shape index (κ3) is 6.29. The number of thioether (sulfide) groups is 1. The number of benzene rings is 1. The summed E-state index contributed by atoms with van der Waals surface area (Å²) in [6, 6.07) is 11.3. The van der Waals surface area contributed by atoms with Gasteiger partial charge >= 0.3 is 0 Å². The molecule has 0 radical (unpaired) electrons. The molecular formula is C18H21FN2O2S. The molecule has 0 aliphatic heterocycles. The quantitative estimate of drug-likeness (QED) is 0.770. The topological polar surface area (TPSA) is 62.2 Å². The van der Waals surface area contributed by atoms with E-state index in [1.165, 1.54) is 23.9 Å². The number of aromatic nitrogens is 1. The molecule has 2 atom stereocenters. The van der Waals surface area contributed by atoms with E-state index < -0.39 is 6.10 Å². The fourth-order valence-electron chi connectivity index (χ4n) is 2.26. The van der Waals surface area contributed by atoms with E-state index in [0.717, 1.165) is 5.69 Å². The second-order valence-corrected chi connectivity index (χ2v) is 6.57. The number of carbonyl (C=O) groups is 1. The van der Waals surface area contributed by atoms with Crippen molar-refractivity contribution in [1.29, 1.82) is 0 Å². The predicted molar refractivity (Wildman–Crippen MR) is 94.0 cm³/mol. The van der Waals surface area contributed by atoms with Gasteiger partial charge in [-0.2, -0.15) is 0 Å². The van der Waals surface area contributed by atoms with E-state index in [1.54, 1.807) is 18.3 Å². The second-order valence-electron chi connectivity index (χ2n) is 5.59. The lowest BCUT2D eigenvalue weighted by molar-refractivity contribution is -0.119. The highest BCUT2D eigenvalue weighted by Gasteiger charge is 2.14. The van der Waals surface area contributed by atoms with Crippen molar-refractivity contribution in [2.75, 3.05) is 5.75 Å². The number of halogens is 1. The standard InChI is InChI=1S/C18H21FN2O2S/c1-13(10-17(22)14-5-7-15(19)8-6-14)21-18(23)12-24-11-16-4-2-3-9-20-16/h2-9,13,17,22H,10-12H2,1H3,(H,21,23). The molecule has 2 aromatic rings. The van der Waals surface area contributed by atoms with Crippen LogP contribution in [0.4, 0.5) is 4.39 Å². The first-order valence-electron chi connectivity index (χ1n) is 7.75. The SMILES string of the molecule is CC(CC(O)c1ccc(F)cc1)NC(=O)CSCc1ccccn1. The predicted octanol–water partition coefficient (Wildman–Crippen LogP) is 3.08. The van der Waals surface area contributed by atoms with Crippen LogP contribution >= 0.6 is 11.8 Å². The van der Waals surface area contributed by atoms with Gasteiger partial charge in [0.05, 0.1) is 17.6 Å². The molecule has 128 valence electrons. The summed E-state index contributed by atoms with van der Waals surface area (Å²) in [4.78, 5) is 16.1. The fourth-order valence-corrected chi connectivity index (χ4v) is 3.01. The average Bonchev–Trinajstić information content (AvgIpc) is 2.56. The molecule has 1 aromatic carbocycles. The smallest absolute Gasteiger partial charge is 0.230 e. The molecular weight excluding hydrogens is 327 g/mol. The van der Waals surface area contributed by atoms with Crippen molar-refractivity contribution in [2.45, 2.75) is 31.2 Å². The Bertz CT molecular complexity index is 637. The van der Waals surface area contributed by atoms with E-state index in [9.17, 15) is 14.3 Å². The lowest BCUT2D eigenvalue weighted by atomic mass is 10.0. The van der Waals surface area contributed by atoms with Crippen LogP contribution in [0, 0.1) is 5.82 Å². The van der Waals surface area contributed by atoms with Crippen LogP contribution < -0.4 is 5.32 Å². The maximum absolute atomic E-state index is 12.9. The van der Waals surface area contributed by atoms with Gasteiger partial charge in [0.15, 0.2) is 0 Å². The molecule has 4 nitrogen and oxygen atoms in total. The first-order chi connectivity index (χ1) is 11.5. The van der Waals surface area contributed by atoms with Gasteiger partial charge in [-0.05, 0) is 43.2 Å². The minimum absolute atomic E-state index is 0.0743. The molecule has 2 rings (SSSR count). The van der Waals surface area contributed by atoms with Crippen molar-refractivity contribution >= 4 is 17.7 Å². The van der Waals surface area contributed by atoms with Gasteiger partial charge in [0.1, 0.15) is 5.82 Å². The molecule has 2 unspecified atom stereocenters. The Kier molecular flexibility index (Phi) is 7.21. The first-order valence-corrected chi connectivity index (χ1v) is 8.90. The zero-order valence-corrected chi connectivity index (χ0v) is 14.3. The number of nitrogens with one attached hydrogen (secondary N) is 1. The maximum atomic E-state index is 12.9. The molecule has 24 heavy (non-hydrogen) atoms. The highest BCUT2D eigenvalue weighted by Crippen LogP contribution is 2.18. The lowest BCUT2D eigenvalue weighted by Gasteiger charge is -2.18. The summed E-state index contributed by atoms with van der Waals surface area (Å²) >= 11 is 1.49. The van der Waals surface area contributed by atoms with Crippen LogP contribution in [0.3, 0.4) is 0 Å². The zero-order chi connectivity index (χ0) is 17.4. The summed E-state index contributed by atoms with van der Waals surface area (Å²) in [5, 5.41) is 13.0. The monoisotopic (exact) mass is 348 g/mol. The Morgan fingerprint density at radius 2 is 2.04 bits per heavy atom. The van der Waals surface area contributed by atoms with Crippen LogP contribution in [-0.4, -0.2) is 27.8 Å². The molecule has 1 heterocycles. The van der Waals surface area contributed by atoms with Gasteiger partial charge in [-0.15, -0.1) is 11.8 Å². The Balaban J connectivity index is 1.70. The van der Waals surface area contributed by atoms with E-state index in [4.69, 9.17) is 0 Å². The van der Waals surface area contributed by atoms with Gasteiger partial charge in [-0.3, -0.25) is 9.78 Å². The summed E-state index contributed by atoms with van der Waals surface area (Å²) in [6.45, 7) is 1.84. The maximum Gasteiger partial charge on any atom is 0.230 e. The molecule has 1 amide bonds. The third-order valence-corrected chi connectivity index (χ3v) is 4.41. The van der Waals surface area contributed by atoms with E-state index in [2.05, 4.69) is 10.3 Å². The molecule has 0 bridgehead atoms. The molecule has 2 N–H and O–H groups in total. The van der Waals surface area contributed by atoms with E-state index in [0.29, 0.717) is 23.5 Å². The normalized spacial score (nSPS) is 13.3. The summed E-state index contributed by atoms with van der Waals surface area (Å²) in [5.41, 5.74) is 1.58. The Morgan fingerprint density at radius 3 is 2.71 bits per heavy atom. The first kappa shape index (κ1) is 18.4. The lowest BCUT2D eigenvalue weighted by Crippen LogP contribution is -2.35. The second kappa shape index (κ2) is 9.39. The number of nitrogens with zero attached hydrogens (tertiary/aromatic N) is 1. The minimum atomic E-state index is -0.734. The number of aliphatic hydroxyl groups is 1. The van der Waals surface area contributed by atoms with E-state index in [1.807, 2.05) is 25.1 Å². The highest BCUT2D eigenvalue weighted by atomic mass is 32.2.